The zero-order chi connectivity index (χ0) is 35.3. The fourth-order valence-electron chi connectivity index (χ4n) is 7.82. The van der Waals surface area contributed by atoms with Gasteiger partial charge in [-0.15, -0.1) is 0 Å². The summed E-state index contributed by atoms with van der Waals surface area (Å²) in [5, 5.41) is 4.89. The van der Waals surface area contributed by atoms with E-state index in [-0.39, 0.29) is 0 Å². The fourth-order valence-corrected chi connectivity index (χ4v) is 7.82. The summed E-state index contributed by atoms with van der Waals surface area (Å²) < 4.78 is 8.68. The van der Waals surface area contributed by atoms with Gasteiger partial charge in [0.1, 0.15) is 5.52 Å². The summed E-state index contributed by atoms with van der Waals surface area (Å²) >= 11 is 0. The van der Waals surface area contributed by atoms with Crippen LogP contribution in [0.5, 0.6) is 0 Å². The zero-order valence-corrected chi connectivity index (χ0v) is 29.3. The van der Waals surface area contributed by atoms with Crippen LogP contribution >= 0.6 is 0 Å². The smallest absolute Gasteiger partial charge is 0.227 e. The standard InChI is InChI=1S/C49H35N3O/c1-2-8-32-27-39-9-6-7-12-41(39)42(28-32)35-17-13-34(14-18-35)38-21-23-45-48(30-38)53-49(51-45)36-19-15-33(16-20-36)37-22-24-46-43(29-37)44-31-50-26-25-47(44)52(46)40-10-4-3-5-11-40/h3-7,9-31H,2,8H2,1H3. The lowest BCUT2D eigenvalue weighted by molar-refractivity contribution is 0.620. The highest BCUT2D eigenvalue weighted by Crippen LogP contribution is 2.37. The molecule has 0 unspecified atom stereocenters. The largest absolute Gasteiger partial charge is 0.436 e. The molecule has 0 aliphatic rings. The van der Waals surface area contributed by atoms with Crippen LogP contribution in [0.1, 0.15) is 18.9 Å². The summed E-state index contributed by atoms with van der Waals surface area (Å²) in [6, 6.07) is 56.3. The van der Waals surface area contributed by atoms with Crippen molar-refractivity contribution in [1.82, 2.24) is 14.5 Å². The molecule has 0 radical (unpaired) electrons. The monoisotopic (exact) mass is 681 g/mol. The first kappa shape index (κ1) is 31.0. The van der Waals surface area contributed by atoms with Crippen molar-refractivity contribution >= 4 is 43.7 Å². The number of pyridine rings is 1. The summed E-state index contributed by atoms with van der Waals surface area (Å²) in [6.07, 6.45) is 6.04. The molecule has 0 saturated carbocycles. The molecule has 0 aliphatic carbocycles. The third kappa shape index (κ3) is 5.47. The van der Waals surface area contributed by atoms with E-state index in [1.165, 1.54) is 32.8 Å². The van der Waals surface area contributed by atoms with E-state index in [4.69, 9.17) is 9.40 Å². The maximum atomic E-state index is 6.37. The number of hydrogen-bond donors (Lipinski definition) is 0. The number of aryl methyl sites for hydroxylation is 1. The predicted octanol–water partition coefficient (Wildman–Crippen LogP) is 13.1. The van der Waals surface area contributed by atoms with Gasteiger partial charge in [0.05, 0.1) is 11.0 Å². The molecular weight excluding hydrogens is 647 g/mol. The van der Waals surface area contributed by atoms with Crippen molar-refractivity contribution in [1.29, 1.82) is 0 Å². The molecule has 0 bridgehead atoms. The Labute approximate surface area is 307 Å². The molecule has 0 atom stereocenters. The molecular formula is C49H35N3O. The summed E-state index contributed by atoms with van der Waals surface area (Å²) in [5.74, 6) is 0.616. The Balaban J connectivity index is 0.934. The SMILES string of the molecule is CCCc1cc(-c2ccc(-c3ccc4nc(-c5ccc(-c6ccc7c(c6)c6cnccc6n7-c6ccccc6)cc5)oc4c3)cc2)c2ccccc2c1. The molecule has 0 saturated heterocycles. The third-order valence-corrected chi connectivity index (χ3v) is 10.4. The molecule has 7 aromatic carbocycles. The average Bonchev–Trinajstić information content (AvgIpc) is 3.80. The number of para-hydroxylation sites is 1. The quantitative estimate of drug-likeness (QED) is 0.168. The van der Waals surface area contributed by atoms with Crippen molar-refractivity contribution in [2.75, 3.05) is 0 Å². The van der Waals surface area contributed by atoms with Gasteiger partial charge in [0.2, 0.25) is 5.89 Å². The van der Waals surface area contributed by atoms with E-state index in [2.05, 4.69) is 168 Å². The number of nitrogens with zero attached hydrogens (tertiary/aromatic N) is 3. The first-order valence-electron chi connectivity index (χ1n) is 18.3. The Kier molecular flexibility index (Phi) is 7.47. The second kappa shape index (κ2) is 12.8. The van der Waals surface area contributed by atoms with E-state index in [1.807, 2.05) is 18.5 Å². The van der Waals surface area contributed by atoms with E-state index in [1.54, 1.807) is 0 Å². The van der Waals surface area contributed by atoms with Crippen LogP contribution in [0.4, 0.5) is 0 Å². The molecule has 53 heavy (non-hydrogen) atoms. The molecule has 3 heterocycles. The van der Waals surface area contributed by atoms with E-state index in [0.717, 1.165) is 73.9 Å². The highest BCUT2D eigenvalue weighted by Gasteiger charge is 2.15. The third-order valence-electron chi connectivity index (χ3n) is 10.4. The first-order chi connectivity index (χ1) is 26.2. The van der Waals surface area contributed by atoms with Gasteiger partial charge in [0.25, 0.3) is 0 Å². The van der Waals surface area contributed by atoms with Crippen LogP contribution in [-0.2, 0) is 6.42 Å². The molecule has 3 aromatic heterocycles. The first-order valence-corrected chi connectivity index (χ1v) is 18.3. The summed E-state index contributed by atoms with van der Waals surface area (Å²) in [6.45, 7) is 2.24. The summed E-state index contributed by atoms with van der Waals surface area (Å²) in [4.78, 5) is 9.32. The second-order valence-corrected chi connectivity index (χ2v) is 13.8. The van der Waals surface area contributed by atoms with Gasteiger partial charge in [-0.1, -0.05) is 116 Å². The van der Waals surface area contributed by atoms with Gasteiger partial charge in [0, 0.05) is 34.4 Å². The van der Waals surface area contributed by atoms with Crippen molar-refractivity contribution in [2.24, 2.45) is 0 Å². The van der Waals surface area contributed by atoms with E-state index in [0.29, 0.717) is 5.89 Å². The summed E-state index contributed by atoms with van der Waals surface area (Å²) in [7, 11) is 0. The Morgan fingerprint density at radius 1 is 0.547 bits per heavy atom. The Hall–Kier alpha value is -6.78. The number of hydrogen-bond acceptors (Lipinski definition) is 3. The van der Waals surface area contributed by atoms with Gasteiger partial charge in [-0.3, -0.25) is 4.98 Å². The van der Waals surface area contributed by atoms with Crippen LogP contribution in [0.25, 0.3) is 94.2 Å². The van der Waals surface area contributed by atoms with Gasteiger partial charge >= 0.3 is 0 Å². The Morgan fingerprint density at radius 2 is 1.23 bits per heavy atom. The molecule has 0 fully saturated rings. The summed E-state index contributed by atoms with van der Waals surface area (Å²) in [5.41, 5.74) is 14.4. The molecule has 252 valence electrons. The lowest BCUT2D eigenvalue weighted by Crippen LogP contribution is -1.93. The molecule has 0 N–H and O–H groups in total. The molecule has 10 aromatic rings. The molecule has 0 spiro atoms. The normalized spacial score (nSPS) is 11.6. The Bertz CT molecular complexity index is 2940. The highest BCUT2D eigenvalue weighted by atomic mass is 16.3. The van der Waals surface area contributed by atoms with E-state index < -0.39 is 0 Å². The van der Waals surface area contributed by atoms with Crippen LogP contribution in [-0.4, -0.2) is 14.5 Å². The number of oxazole rings is 1. The highest BCUT2D eigenvalue weighted by molar-refractivity contribution is 6.10. The van der Waals surface area contributed by atoms with Crippen molar-refractivity contribution in [2.45, 2.75) is 19.8 Å². The average molecular weight is 682 g/mol. The maximum Gasteiger partial charge on any atom is 0.227 e. The molecule has 4 heteroatoms. The number of fused-ring (bicyclic) bond motifs is 5. The molecule has 4 nitrogen and oxygen atoms in total. The molecule has 0 aliphatic heterocycles. The van der Waals surface area contributed by atoms with Gasteiger partial charge in [0.15, 0.2) is 5.58 Å². The lowest BCUT2D eigenvalue weighted by atomic mass is 9.93. The minimum absolute atomic E-state index is 0.616. The van der Waals surface area contributed by atoms with Crippen molar-refractivity contribution in [3.8, 4) is 50.5 Å². The van der Waals surface area contributed by atoms with Crippen LogP contribution in [0.2, 0.25) is 0 Å². The Morgan fingerprint density at radius 3 is 2.04 bits per heavy atom. The molecule has 0 amide bonds. The van der Waals surface area contributed by atoms with Gasteiger partial charge in [-0.25, -0.2) is 4.98 Å². The molecule has 10 rings (SSSR count). The van der Waals surface area contributed by atoms with Gasteiger partial charge in [-0.05, 0) is 111 Å². The minimum Gasteiger partial charge on any atom is -0.436 e. The second-order valence-electron chi connectivity index (χ2n) is 13.8. The van der Waals surface area contributed by atoms with Crippen molar-refractivity contribution in [3.05, 3.63) is 176 Å². The van der Waals surface area contributed by atoms with E-state index in [9.17, 15) is 0 Å². The van der Waals surface area contributed by atoms with Gasteiger partial charge in [-0.2, -0.15) is 0 Å². The number of aromatic nitrogens is 3. The lowest BCUT2D eigenvalue weighted by Gasteiger charge is -2.11. The minimum atomic E-state index is 0.616. The maximum absolute atomic E-state index is 6.37. The van der Waals surface area contributed by atoms with Crippen molar-refractivity contribution in [3.63, 3.8) is 0 Å². The van der Waals surface area contributed by atoms with Crippen LogP contribution in [0.15, 0.2) is 175 Å². The number of benzene rings is 7. The zero-order valence-electron chi connectivity index (χ0n) is 29.3. The van der Waals surface area contributed by atoms with Gasteiger partial charge < -0.3 is 8.98 Å². The predicted molar refractivity (Wildman–Crippen MR) is 219 cm³/mol. The number of rotatable bonds is 7. The van der Waals surface area contributed by atoms with Crippen molar-refractivity contribution < 1.29 is 4.42 Å². The fraction of sp³-hybridized carbons (Fsp3) is 0.0612. The van der Waals surface area contributed by atoms with Crippen LogP contribution < -0.4 is 0 Å². The van der Waals surface area contributed by atoms with Crippen LogP contribution in [0, 0.1) is 0 Å². The van der Waals surface area contributed by atoms with E-state index >= 15 is 0 Å². The topological polar surface area (TPSA) is 43.9 Å². The van der Waals surface area contributed by atoms with Crippen LogP contribution in [0.3, 0.4) is 0 Å².